The van der Waals surface area contributed by atoms with Crippen molar-refractivity contribution in [3.05, 3.63) is 60.2 Å². The van der Waals surface area contributed by atoms with E-state index in [1.165, 1.54) is 0 Å². The molecule has 5 heteroatoms. The van der Waals surface area contributed by atoms with E-state index in [1.807, 2.05) is 60.7 Å². The molecule has 0 saturated carbocycles. The summed E-state index contributed by atoms with van der Waals surface area (Å²) in [6.45, 7) is 2.17. The molecule has 0 aliphatic carbocycles. The van der Waals surface area contributed by atoms with Crippen molar-refractivity contribution >= 4 is 17.7 Å². The van der Waals surface area contributed by atoms with Gasteiger partial charge in [0, 0.05) is 24.9 Å². The predicted molar refractivity (Wildman–Crippen MR) is 104 cm³/mol. The minimum absolute atomic E-state index is 0.0121. The van der Waals surface area contributed by atoms with E-state index in [4.69, 9.17) is 14.2 Å². The van der Waals surface area contributed by atoms with Gasteiger partial charge in [0.2, 0.25) is 0 Å². The highest BCUT2D eigenvalue weighted by atomic mass is 16.6. The van der Waals surface area contributed by atoms with Crippen molar-refractivity contribution in [1.82, 2.24) is 0 Å². The van der Waals surface area contributed by atoms with Gasteiger partial charge in [0.25, 0.3) is 5.91 Å². The Balaban J connectivity index is 1.57. The maximum atomic E-state index is 13.1. The number of anilines is 1. The monoisotopic (exact) mass is 365 g/mol. The number of ether oxygens (including phenoxy) is 3. The van der Waals surface area contributed by atoms with Gasteiger partial charge in [-0.05, 0) is 30.5 Å². The van der Waals surface area contributed by atoms with Crippen molar-refractivity contribution < 1.29 is 19.0 Å². The zero-order valence-electron chi connectivity index (χ0n) is 15.2. The third-order valence-corrected chi connectivity index (χ3v) is 4.71. The van der Waals surface area contributed by atoms with Crippen LogP contribution in [-0.2, 0) is 9.53 Å². The molecule has 1 fully saturated rings. The second kappa shape index (κ2) is 8.27. The lowest BCUT2D eigenvalue weighted by atomic mass is 10.1. The summed E-state index contributed by atoms with van der Waals surface area (Å²) in [7, 11) is 0. The van der Waals surface area contributed by atoms with Crippen LogP contribution in [0.1, 0.15) is 18.4 Å². The van der Waals surface area contributed by atoms with E-state index in [0.717, 1.165) is 24.1 Å². The molecular weight excluding hydrogens is 342 g/mol. The molecule has 0 bridgehead atoms. The Hall–Kier alpha value is -2.79. The molecule has 1 amide bonds. The first-order valence-electron chi connectivity index (χ1n) is 9.35. The molecule has 0 radical (unpaired) electrons. The van der Waals surface area contributed by atoms with Crippen LogP contribution in [-0.4, -0.2) is 38.4 Å². The standard InChI is InChI=1S/C22H23NO4/c24-22(20-9-5-13-25-20)23(12-4-8-17-6-2-1-3-7-17)18-10-11-19-21(16-18)27-15-14-26-19/h1-4,6-8,10-11,16,20H,5,9,12-15H2. The lowest BCUT2D eigenvalue weighted by Gasteiger charge is -2.26. The summed E-state index contributed by atoms with van der Waals surface area (Å²) in [6.07, 6.45) is 5.34. The van der Waals surface area contributed by atoms with Gasteiger partial charge >= 0.3 is 0 Å². The molecular formula is C22H23NO4. The van der Waals surface area contributed by atoms with E-state index in [2.05, 4.69) is 0 Å². The molecule has 2 aromatic rings. The van der Waals surface area contributed by atoms with E-state index < -0.39 is 0 Å². The Bertz CT molecular complexity index is 812. The fourth-order valence-corrected chi connectivity index (χ4v) is 3.33. The minimum atomic E-state index is -0.372. The van der Waals surface area contributed by atoms with Gasteiger partial charge in [-0.1, -0.05) is 42.5 Å². The molecule has 2 aromatic carbocycles. The summed E-state index contributed by atoms with van der Waals surface area (Å²) in [4.78, 5) is 14.8. The number of rotatable bonds is 5. The summed E-state index contributed by atoms with van der Waals surface area (Å²) < 4.78 is 16.9. The quantitative estimate of drug-likeness (QED) is 0.811. The third-order valence-electron chi connectivity index (χ3n) is 4.71. The highest BCUT2D eigenvalue weighted by Crippen LogP contribution is 2.34. The van der Waals surface area contributed by atoms with Crippen LogP contribution in [0.5, 0.6) is 11.5 Å². The molecule has 2 aliphatic rings. The van der Waals surface area contributed by atoms with Crippen LogP contribution in [0, 0.1) is 0 Å². The molecule has 1 unspecified atom stereocenters. The summed E-state index contributed by atoms with van der Waals surface area (Å²) in [5, 5.41) is 0. The molecule has 0 spiro atoms. The maximum Gasteiger partial charge on any atom is 0.256 e. The number of carbonyl (C=O) groups is 1. The summed E-state index contributed by atoms with van der Waals surface area (Å²) >= 11 is 0. The second-order valence-corrected chi connectivity index (χ2v) is 6.59. The van der Waals surface area contributed by atoms with Crippen LogP contribution in [0.2, 0.25) is 0 Å². The number of benzene rings is 2. The van der Waals surface area contributed by atoms with Gasteiger partial charge in [-0.3, -0.25) is 4.79 Å². The van der Waals surface area contributed by atoms with Gasteiger partial charge in [-0.2, -0.15) is 0 Å². The second-order valence-electron chi connectivity index (χ2n) is 6.59. The molecule has 27 heavy (non-hydrogen) atoms. The molecule has 4 rings (SSSR count). The lowest BCUT2D eigenvalue weighted by Crippen LogP contribution is -2.39. The molecule has 2 heterocycles. The van der Waals surface area contributed by atoms with Crippen molar-refractivity contribution in [1.29, 1.82) is 0 Å². The average molecular weight is 365 g/mol. The van der Waals surface area contributed by atoms with E-state index in [0.29, 0.717) is 37.9 Å². The van der Waals surface area contributed by atoms with Crippen LogP contribution < -0.4 is 14.4 Å². The first kappa shape index (κ1) is 17.6. The first-order valence-corrected chi connectivity index (χ1v) is 9.35. The van der Waals surface area contributed by atoms with Crippen LogP contribution in [0.3, 0.4) is 0 Å². The van der Waals surface area contributed by atoms with Gasteiger partial charge < -0.3 is 19.1 Å². The van der Waals surface area contributed by atoms with E-state index in [1.54, 1.807) is 4.90 Å². The molecule has 2 aliphatic heterocycles. The molecule has 140 valence electrons. The smallest absolute Gasteiger partial charge is 0.256 e. The Morgan fingerprint density at radius 2 is 1.85 bits per heavy atom. The molecule has 0 aromatic heterocycles. The zero-order chi connectivity index (χ0) is 18.5. The van der Waals surface area contributed by atoms with Crippen molar-refractivity contribution in [2.75, 3.05) is 31.3 Å². The van der Waals surface area contributed by atoms with Gasteiger partial charge in [-0.15, -0.1) is 0 Å². The number of fused-ring (bicyclic) bond motifs is 1. The Morgan fingerprint density at radius 1 is 1.04 bits per heavy atom. The summed E-state index contributed by atoms with van der Waals surface area (Å²) in [5.41, 5.74) is 1.89. The van der Waals surface area contributed by atoms with Crippen LogP contribution in [0.15, 0.2) is 54.6 Å². The first-order chi connectivity index (χ1) is 13.3. The van der Waals surface area contributed by atoms with E-state index in [-0.39, 0.29) is 12.0 Å². The Kier molecular flexibility index (Phi) is 5.39. The highest BCUT2D eigenvalue weighted by Gasteiger charge is 2.29. The van der Waals surface area contributed by atoms with Crippen molar-refractivity contribution in [2.24, 2.45) is 0 Å². The summed E-state index contributed by atoms with van der Waals surface area (Å²) in [6, 6.07) is 15.7. The summed E-state index contributed by atoms with van der Waals surface area (Å²) in [5.74, 6) is 1.38. The van der Waals surface area contributed by atoms with Gasteiger partial charge in [0.15, 0.2) is 11.5 Å². The van der Waals surface area contributed by atoms with Gasteiger partial charge in [0.05, 0.1) is 0 Å². The van der Waals surface area contributed by atoms with E-state index >= 15 is 0 Å². The lowest BCUT2D eigenvalue weighted by molar-refractivity contribution is -0.127. The minimum Gasteiger partial charge on any atom is -0.486 e. The Labute approximate surface area is 159 Å². The van der Waals surface area contributed by atoms with E-state index in [9.17, 15) is 4.79 Å². The molecule has 1 atom stereocenters. The predicted octanol–water partition coefficient (Wildman–Crippen LogP) is 3.68. The number of hydrogen-bond donors (Lipinski definition) is 0. The highest BCUT2D eigenvalue weighted by molar-refractivity contribution is 5.97. The van der Waals surface area contributed by atoms with Crippen molar-refractivity contribution in [2.45, 2.75) is 18.9 Å². The average Bonchev–Trinajstić information content (AvgIpc) is 3.26. The molecule has 1 saturated heterocycles. The number of amides is 1. The molecule has 0 N–H and O–H groups in total. The normalized spacial score (nSPS) is 18.6. The fourth-order valence-electron chi connectivity index (χ4n) is 3.33. The topological polar surface area (TPSA) is 48.0 Å². The fraction of sp³-hybridized carbons (Fsp3) is 0.318. The SMILES string of the molecule is O=C(C1CCCO1)N(CC=Cc1ccccc1)c1ccc2c(c1)OCCO2. The van der Waals surface area contributed by atoms with Crippen LogP contribution in [0.25, 0.3) is 6.08 Å². The van der Waals surface area contributed by atoms with Gasteiger partial charge in [0.1, 0.15) is 19.3 Å². The molecule has 5 nitrogen and oxygen atoms in total. The van der Waals surface area contributed by atoms with Crippen molar-refractivity contribution in [3.63, 3.8) is 0 Å². The zero-order valence-corrected chi connectivity index (χ0v) is 15.2. The number of hydrogen-bond acceptors (Lipinski definition) is 4. The van der Waals surface area contributed by atoms with Crippen LogP contribution >= 0.6 is 0 Å². The Morgan fingerprint density at radius 3 is 2.63 bits per heavy atom. The third kappa shape index (κ3) is 4.14. The number of nitrogens with zero attached hydrogens (tertiary/aromatic N) is 1. The largest absolute Gasteiger partial charge is 0.486 e. The van der Waals surface area contributed by atoms with Crippen molar-refractivity contribution in [3.8, 4) is 11.5 Å². The maximum absolute atomic E-state index is 13.1. The van der Waals surface area contributed by atoms with Gasteiger partial charge in [-0.25, -0.2) is 0 Å². The number of carbonyl (C=O) groups excluding carboxylic acids is 1. The van der Waals surface area contributed by atoms with Crippen LogP contribution in [0.4, 0.5) is 5.69 Å².